The highest BCUT2D eigenvalue weighted by Crippen LogP contribution is 2.28. The van der Waals surface area contributed by atoms with Crippen molar-refractivity contribution in [1.29, 1.82) is 0 Å². The van der Waals surface area contributed by atoms with Gasteiger partial charge in [0.25, 0.3) is 0 Å². The topological polar surface area (TPSA) is 87.0 Å². The van der Waals surface area contributed by atoms with Crippen LogP contribution in [0.15, 0.2) is 58.6 Å². The minimum atomic E-state index is -3.72. The lowest BCUT2D eigenvalue weighted by Gasteiger charge is -2.10. The molecule has 0 saturated heterocycles. The van der Waals surface area contributed by atoms with Crippen LogP contribution in [0.1, 0.15) is 0 Å². The van der Waals surface area contributed by atoms with Gasteiger partial charge in [0, 0.05) is 11.1 Å². The fourth-order valence-electron chi connectivity index (χ4n) is 1.99. The zero-order valence-electron chi connectivity index (χ0n) is 11.9. The number of tetrazole rings is 1. The first-order valence-corrected chi connectivity index (χ1v) is 8.30. The number of hydrogen-bond acceptors (Lipinski definition) is 6. The lowest BCUT2D eigenvalue weighted by molar-refractivity contribution is 0.413. The molecule has 0 bridgehead atoms. The number of rotatable bonds is 4. The van der Waals surface area contributed by atoms with E-state index in [9.17, 15) is 8.42 Å². The van der Waals surface area contributed by atoms with Crippen LogP contribution in [0.4, 0.5) is 0 Å². The average Bonchev–Trinajstić information content (AvgIpc) is 3.09. The first-order valence-electron chi connectivity index (χ1n) is 6.44. The third-order valence-electron chi connectivity index (χ3n) is 3.15. The van der Waals surface area contributed by atoms with Crippen molar-refractivity contribution < 1.29 is 13.2 Å². The SMILES string of the molecule is COc1cc(-n2cnnn2)cc(S(=O)(=O)c2ccc(Cl)cc2)c1. The number of ether oxygens (including phenoxy) is 1. The fraction of sp³-hybridized carbons (Fsp3) is 0.0714. The molecule has 7 nitrogen and oxygen atoms in total. The van der Waals surface area contributed by atoms with Gasteiger partial charge in [-0.15, -0.1) is 5.10 Å². The zero-order chi connectivity index (χ0) is 16.4. The molecule has 0 atom stereocenters. The van der Waals surface area contributed by atoms with Gasteiger partial charge in [0.1, 0.15) is 12.1 Å². The minimum absolute atomic E-state index is 0.0738. The van der Waals surface area contributed by atoms with Crippen LogP contribution in [-0.4, -0.2) is 35.7 Å². The third-order valence-corrected chi connectivity index (χ3v) is 5.15. The van der Waals surface area contributed by atoms with Gasteiger partial charge in [-0.05, 0) is 46.8 Å². The van der Waals surface area contributed by atoms with Crippen LogP contribution in [0.3, 0.4) is 0 Å². The van der Waals surface area contributed by atoms with E-state index in [1.54, 1.807) is 6.07 Å². The summed E-state index contributed by atoms with van der Waals surface area (Å²) >= 11 is 5.81. The second kappa shape index (κ2) is 5.98. The van der Waals surface area contributed by atoms with E-state index in [0.29, 0.717) is 16.5 Å². The van der Waals surface area contributed by atoms with Crippen LogP contribution in [-0.2, 0) is 9.84 Å². The van der Waals surface area contributed by atoms with Gasteiger partial charge >= 0.3 is 0 Å². The predicted octanol–water partition coefficient (Wildman–Crippen LogP) is 2.16. The fourth-order valence-corrected chi connectivity index (χ4v) is 3.43. The molecule has 118 valence electrons. The standard InChI is InChI=1S/C14H11ClN4O3S/c1-22-12-6-11(19-9-16-17-18-19)7-14(8-12)23(20,21)13-4-2-10(15)3-5-13/h2-9H,1H3. The van der Waals surface area contributed by atoms with Crippen molar-refractivity contribution in [3.8, 4) is 11.4 Å². The Balaban J connectivity index is 2.15. The van der Waals surface area contributed by atoms with E-state index < -0.39 is 9.84 Å². The molecule has 0 fully saturated rings. The minimum Gasteiger partial charge on any atom is -0.497 e. The Morgan fingerprint density at radius 2 is 1.83 bits per heavy atom. The predicted molar refractivity (Wildman–Crippen MR) is 82.6 cm³/mol. The van der Waals surface area contributed by atoms with Crippen LogP contribution in [0.2, 0.25) is 5.02 Å². The van der Waals surface area contributed by atoms with E-state index in [-0.39, 0.29) is 9.79 Å². The number of methoxy groups -OCH3 is 1. The third kappa shape index (κ3) is 3.03. The number of nitrogens with zero attached hydrogens (tertiary/aromatic N) is 4. The van der Waals surface area contributed by atoms with Crippen LogP contribution in [0.25, 0.3) is 5.69 Å². The molecule has 23 heavy (non-hydrogen) atoms. The van der Waals surface area contributed by atoms with Gasteiger partial charge in [-0.3, -0.25) is 0 Å². The largest absolute Gasteiger partial charge is 0.497 e. The highest BCUT2D eigenvalue weighted by molar-refractivity contribution is 7.91. The molecular formula is C14H11ClN4O3S. The molecule has 0 aliphatic carbocycles. The molecular weight excluding hydrogens is 340 g/mol. The number of sulfone groups is 1. The van der Waals surface area contributed by atoms with Crippen molar-refractivity contribution in [2.75, 3.05) is 7.11 Å². The smallest absolute Gasteiger partial charge is 0.206 e. The van der Waals surface area contributed by atoms with Gasteiger partial charge in [-0.2, -0.15) is 0 Å². The van der Waals surface area contributed by atoms with Crippen LogP contribution in [0.5, 0.6) is 5.75 Å². The zero-order valence-corrected chi connectivity index (χ0v) is 13.5. The van der Waals surface area contributed by atoms with Gasteiger partial charge in [-0.25, -0.2) is 13.1 Å². The average molecular weight is 351 g/mol. The summed E-state index contributed by atoms with van der Waals surface area (Å²) in [5.41, 5.74) is 0.474. The monoisotopic (exact) mass is 350 g/mol. The van der Waals surface area contributed by atoms with E-state index in [2.05, 4.69) is 15.5 Å². The Labute approximate surface area is 137 Å². The van der Waals surface area contributed by atoms with Crippen molar-refractivity contribution in [3.63, 3.8) is 0 Å². The molecule has 2 aromatic carbocycles. The van der Waals surface area contributed by atoms with Gasteiger partial charge in [-0.1, -0.05) is 11.6 Å². The molecule has 3 rings (SSSR count). The molecule has 0 aliphatic rings. The van der Waals surface area contributed by atoms with E-state index in [1.807, 2.05) is 0 Å². The highest BCUT2D eigenvalue weighted by atomic mass is 35.5. The maximum Gasteiger partial charge on any atom is 0.206 e. The van der Waals surface area contributed by atoms with Crippen molar-refractivity contribution >= 4 is 21.4 Å². The van der Waals surface area contributed by atoms with Gasteiger partial charge in [0.15, 0.2) is 0 Å². The van der Waals surface area contributed by atoms with Crippen molar-refractivity contribution in [2.24, 2.45) is 0 Å². The molecule has 0 amide bonds. The lowest BCUT2D eigenvalue weighted by atomic mass is 10.3. The summed E-state index contributed by atoms with van der Waals surface area (Å²) in [6.07, 6.45) is 1.37. The first-order chi connectivity index (χ1) is 11.0. The summed E-state index contributed by atoms with van der Waals surface area (Å²) in [7, 11) is -2.27. The second-order valence-electron chi connectivity index (χ2n) is 4.58. The normalized spacial score (nSPS) is 11.4. The lowest BCUT2D eigenvalue weighted by Crippen LogP contribution is -2.05. The second-order valence-corrected chi connectivity index (χ2v) is 6.96. The highest BCUT2D eigenvalue weighted by Gasteiger charge is 2.20. The summed E-state index contributed by atoms with van der Waals surface area (Å²) in [6.45, 7) is 0. The summed E-state index contributed by atoms with van der Waals surface area (Å²) in [4.78, 5) is 0.211. The Bertz CT molecular complexity index is 925. The molecule has 1 aromatic heterocycles. The van der Waals surface area contributed by atoms with E-state index in [4.69, 9.17) is 16.3 Å². The van der Waals surface area contributed by atoms with Crippen LogP contribution >= 0.6 is 11.6 Å². The number of aromatic nitrogens is 4. The molecule has 0 aliphatic heterocycles. The van der Waals surface area contributed by atoms with Gasteiger partial charge < -0.3 is 4.74 Å². The summed E-state index contributed by atoms with van der Waals surface area (Å²) in [6, 6.07) is 10.5. The van der Waals surface area contributed by atoms with Gasteiger partial charge in [0.2, 0.25) is 9.84 Å². The Kier molecular flexibility index (Phi) is 4.01. The summed E-state index contributed by atoms with van der Waals surface area (Å²) in [5, 5.41) is 11.3. The first kappa shape index (κ1) is 15.4. The molecule has 9 heteroatoms. The number of halogens is 1. The molecule has 0 radical (unpaired) electrons. The van der Waals surface area contributed by atoms with Crippen LogP contribution < -0.4 is 4.74 Å². The molecule has 3 aromatic rings. The molecule has 0 N–H and O–H groups in total. The number of benzene rings is 2. The van der Waals surface area contributed by atoms with Crippen molar-refractivity contribution in [1.82, 2.24) is 20.2 Å². The Hall–Kier alpha value is -2.45. The quantitative estimate of drug-likeness (QED) is 0.716. The van der Waals surface area contributed by atoms with E-state index in [1.165, 1.54) is 54.5 Å². The Morgan fingerprint density at radius 3 is 2.43 bits per heavy atom. The van der Waals surface area contributed by atoms with Crippen molar-refractivity contribution in [3.05, 3.63) is 53.8 Å². The molecule has 0 spiro atoms. The molecule has 1 heterocycles. The maximum atomic E-state index is 12.8. The van der Waals surface area contributed by atoms with Crippen molar-refractivity contribution in [2.45, 2.75) is 9.79 Å². The maximum absolute atomic E-state index is 12.8. The Morgan fingerprint density at radius 1 is 1.09 bits per heavy atom. The van der Waals surface area contributed by atoms with E-state index in [0.717, 1.165) is 0 Å². The molecule has 0 saturated carbocycles. The number of hydrogen-bond donors (Lipinski definition) is 0. The molecule has 0 unspecified atom stereocenters. The summed E-state index contributed by atoms with van der Waals surface area (Å²) < 4.78 is 32.1. The summed E-state index contributed by atoms with van der Waals surface area (Å²) in [5.74, 6) is 0.380. The van der Waals surface area contributed by atoms with E-state index >= 15 is 0 Å². The van der Waals surface area contributed by atoms with Crippen LogP contribution in [0, 0.1) is 0 Å². The van der Waals surface area contributed by atoms with Gasteiger partial charge in [0.05, 0.1) is 22.6 Å².